The molecule has 0 heterocycles. The Hall–Kier alpha value is -0.170. The maximum Gasteiger partial charge on any atom is 0.264 e. The molecule has 0 aliphatic heterocycles. The molecule has 1 atom stereocenters. The molecule has 0 rings (SSSR count). The molecule has 0 aromatic carbocycles. The van der Waals surface area contributed by atoms with Crippen molar-refractivity contribution in [2.24, 2.45) is 0 Å². The molecule has 5 nitrogen and oxygen atoms in total. The molecule has 80 valence electrons. The van der Waals surface area contributed by atoms with Gasteiger partial charge in [0.25, 0.3) is 10.1 Å². The van der Waals surface area contributed by atoms with Crippen LogP contribution < -0.4 is 5.32 Å². The fourth-order valence-corrected chi connectivity index (χ4v) is 1.41. The van der Waals surface area contributed by atoms with E-state index in [1.54, 1.807) is 0 Å². The minimum Gasteiger partial charge on any atom is -0.379 e. The second kappa shape index (κ2) is 6.31. The van der Waals surface area contributed by atoms with Crippen LogP contribution in [0.15, 0.2) is 0 Å². The number of hydrogen-bond donors (Lipinski definition) is 3. The van der Waals surface area contributed by atoms with Gasteiger partial charge >= 0.3 is 0 Å². The van der Waals surface area contributed by atoms with Crippen molar-refractivity contribution in [3.05, 3.63) is 0 Å². The van der Waals surface area contributed by atoms with Crippen molar-refractivity contribution in [1.82, 2.24) is 5.32 Å². The molecule has 0 aliphatic carbocycles. The number of aliphatic hydroxyl groups excluding tert-OH is 1. The van der Waals surface area contributed by atoms with E-state index in [0.717, 1.165) is 6.42 Å². The van der Waals surface area contributed by atoms with E-state index >= 15 is 0 Å². The SMILES string of the molecule is CCC[C@H](O)NCCCS(=O)(=O)O. The van der Waals surface area contributed by atoms with Crippen molar-refractivity contribution >= 4 is 10.1 Å². The predicted octanol–water partition coefficient (Wildman–Crippen LogP) is -0.0276. The summed E-state index contributed by atoms with van der Waals surface area (Å²) in [5, 5.41) is 11.9. The summed E-state index contributed by atoms with van der Waals surface area (Å²) in [7, 11) is -3.86. The van der Waals surface area contributed by atoms with E-state index in [4.69, 9.17) is 9.66 Å². The van der Waals surface area contributed by atoms with Crippen LogP contribution in [0, 0.1) is 0 Å². The van der Waals surface area contributed by atoms with Gasteiger partial charge in [-0.3, -0.25) is 9.87 Å². The fourth-order valence-electron chi connectivity index (χ4n) is 0.899. The lowest BCUT2D eigenvalue weighted by Crippen LogP contribution is -2.30. The van der Waals surface area contributed by atoms with Gasteiger partial charge in [-0.2, -0.15) is 8.42 Å². The van der Waals surface area contributed by atoms with Gasteiger partial charge in [-0.25, -0.2) is 0 Å². The quantitative estimate of drug-likeness (QED) is 0.313. The molecule has 0 spiro atoms. The lowest BCUT2D eigenvalue weighted by atomic mass is 10.3. The zero-order chi connectivity index (χ0) is 10.3. The summed E-state index contributed by atoms with van der Waals surface area (Å²) in [5.41, 5.74) is 0. The second-order valence-corrected chi connectivity index (χ2v) is 4.47. The fraction of sp³-hybridized carbons (Fsp3) is 1.00. The first kappa shape index (κ1) is 12.8. The largest absolute Gasteiger partial charge is 0.379 e. The van der Waals surface area contributed by atoms with Crippen LogP contribution in [0.25, 0.3) is 0 Å². The third-order valence-electron chi connectivity index (χ3n) is 1.52. The third kappa shape index (κ3) is 9.75. The lowest BCUT2D eigenvalue weighted by Gasteiger charge is -2.10. The van der Waals surface area contributed by atoms with E-state index in [9.17, 15) is 8.42 Å². The number of nitrogens with one attached hydrogen (secondary N) is 1. The van der Waals surface area contributed by atoms with E-state index in [2.05, 4.69) is 5.32 Å². The second-order valence-electron chi connectivity index (χ2n) is 2.90. The van der Waals surface area contributed by atoms with Crippen molar-refractivity contribution in [3.8, 4) is 0 Å². The minimum atomic E-state index is -3.86. The average Bonchev–Trinajstić information content (AvgIpc) is 1.97. The van der Waals surface area contributed by atoms with Crippen LogP contribution in [0.3, 0.4) is 0 Å². The van der Waals surface area contributed by atoms with E-state index < -0.39 is 16.3 Å². The normalized spacial score (nSPS) is 14.4. The monoisotopic (exact) mass is 211 g/mol. The van der Waals surface area contributed by atoms with Gasteiger partial charge in [0.05, 0.1) is 5.75 Å². The van der Waals surface area contributed by atoms with Crippen molar-refractivity contribution in [1.29, 1.82) is 0 Å². The number of hydrogen-bond acceptors (Lipinski definition) is 4. The molecule has 3 N–H and O–H groups in total. The summed E-state index contributed by atoms with van der Waals surface area (Å²) in [4.78, 5) is 0. The number of aliphatic hydroxyl groups is 1. The van der Waals surface area contributed by atoms with Gasteiger partial charge < -0.3 is 5.11 Å². The smallest absolute Gasteiger partial charge is 0.264 e. The van der Waals surface area contributed by atoms with Crippen LogP contribution in [0.2, 0.25) is 0 Å². The Bertz CT molecular complexity index is 215. The van der Waals surface area contributed by atoms with Gasteiger partial charge in [-0.05, 0) is 19.4 Å². The first-order valence-corrected chi connectivity index (χ1v) is 5.93. The Kier molecular flexibility index (Phi) is 6.23. The summed E-state index contributed by atoms with van der Waals surface area (Å²) in [6.45, 7) is 2.34. The lowest BCUT2D eigenvalue weighted by molar-refractivity contribution is 0.127. The van der Waals surface area contributed by atoms with Crippen LogP contribution in [-0.4, -0.2) is 36.6 Å². The third-order valence-corrected chi connectivity index (χ3v) is 2.33. The molecule has 13 heavy (non-hydrogen) atoms. The summed E-state index contributed by atoms with van der Waals surface area (Å²) in [6, 6.07) is 0. The molecule has 0 saturated heterocycles. The highest BCUT2D eigenvalue weighted by Crippen LogP contribution is 1.92. The molecule has 0 aromatic rings. The molecule has 0 aromatic heterocycles. The minimum absolute atomic E-state index is 0.265. The van der Waals surface area contributed by atoms with Gasteiger partial charge in [0.2, 0.25) is 0 Å². The van der Waals surface area contributed by atoms with E-state index in [-0.39, 0.29) is 5.75 Å². The maximum atomic E-state index is 10.3. The van der Waals surface area contributed by atoms with E-state index in [1.165, 1.54) is 0 Å². The Morgan fingerprint density at radius 1 is 1.46 bits per heavy atom. The molecular weight excluding hydrogens is 194 g/mol. The van der Waals surface area contributed by atoms with Crippen LogP contribution in [-0.2, 0) is 10.1 Å². The van der Waals surface area contributed by atoms with Crippen LogP contribution >= 0.6 is 0 Å². The standard InChI is InChI=1S/C7H17NO4S/c1-2-4-7(9)8-5-3-6-13(10,11)12/h7-9H,2-6H2,1H3,(H,10,11,12)/t7-/m0/s1. The average molecular weight is 211 g/mol. The van der Waals surface area contributed by atoms with Gasteiger partial charge in [-0.1, -0.05) is 13.3 Å². The first-order valence-electron chi connectivity index (χ1n) is 4.32. The Balaban J connectivity index is 3.36. The predicted molar refractivity (Wildman–Crippen MR) is 50.0 cm³/mol. The van der Waals surface area contributed by atoms with Gasteiger partial charge in [0.15, 0.2) is 0 Å². The highest BCUT2D eigenvalue weighted by atomic mass is 32.2. The molecular formula is C7H17NO4S. The number of rotatable bonds is 7. The molecule has 0 unspecified atom stereocenters. The maximum absolute atomic E-state index is 10.3. The van der Waals surface area contributed by atoms with Gasteiger partial charge in [0, 0.05) is 0 Å². The Morgan fingerprint density at radius 3 is 2.54 bits per heavy atom. The van der Waals surface area contributed by atoms with Crippen LogP contribution in [0.1, 0.15) is 26.2 Å². The van der Waals surface area contributed by atoms with E-state index in [1.807, 2.05) is 6.92 Å². The van der Waals surface area contributed by atoms with Gasteiger partial charge in [0.1, 0.15) is 6.23 Å². The summed E-state index contributed by atoms with van der Waals surface area (Å²) < 4.78 is 28.9. The van der Waals surface area contributed by atoms with Crippen molar-refractivity contribution in [3.63, 3.8) is 0 Å². The van der Waals surface area contributed by atoms with Crippen molar-refractivity contribution in [2.75, 3.05) is 12.3 Å². The molecule has 0 saturated carbocycles. The zero-order valence-electron chi connectivity index (χ0n) is 7.73. The zero-order valence-corrected chi connectivity index (χ0v) is 8.55. The molecule has 0 fully saturated rings. The highest BCUT2D eigenvalue weighted by molar-refractivity contribution is 7.85. The topological polar surface area (TPSA) is 86.6 Å². The summed E-state index contributed by atoms with van der Waals surface area (Å²) in [5.74, 6) is -0.265. The highest BCUT2D eigenvalue weighted by Gasteiger charge is 2.05. The first-order chi connectivity index (χ1) is 5.95. The molecule has 0 aliphatic rings. The van der Waals surface area contributed by atoms with Crippen molar-refractivity contribution in [2.45, 2.75) is 32.4 Å². The summed E-state index contributed by atoms with van der Waals surface area (Å²) in [6.07, 6.45) is 1.24. The summed E-state index contributed by atoms with van der Waals surface area (Å²) >= 11 is 0. The van der Waals surface area contributed by atoms with E-state index in [0.29, 0.717) is 19.4 Å². The Labute approximate surface area is 78.9 Å². The molecule has 0 amide bonds. The molecule has 6 heteroatoms. The van der Waals surface area contributed by atoms with Crippen LogP contribution in [0.4, 0.5) is 0 Å². The molecule has 0 radical (unpaired) electrons. The van der Waals surface area contributed by atoms with Crippen molar-refractivity contribution < 1.29 is 18.1 Å². The van der Waals surface area contributed by atoms with Crippen LogP contribution in [0.5, 0.6) is 0 Å². The Morgan fingerprint density at radius 2 is 2.08 bits per heavy atom. The van der Waals surface area contributed by atoms with Gasteiger partial charge in [-0.15, -0.1) is 0 Å². The molecule has 0 bridgehead atoms.